The first-order chi connectivity index (χ1) is 12.9. The van der Waals surface area contributed by atoms with Gasteiger partial charge in [0.1, 0.15) is 23.9 Å². The van der Waals surface area contributed by atoms with E-state index >= 15 is 0 Å². The van der Waals surface area contributed by atoms with E-state index in [1.54, 1.807) is 31.0 Å². The molecule has 148 valence electrons. The van der Waals surface area contributed by atoms with Gasteiger partial charge in [0, 0.05) is 19.2 Å². The van der Waals surface area contributed by atoms with Crippen LogP contribution in [0.4, 0.5) is 11.5 Å². The Bertz CT molecular complexity index is 873. The number of aromatic nitrogens is 2. The van der Waals surface area contributed by atoms with Crippen LogP contribution in [0.3, 0.4) is 0 Å². The van der Waals surface area contributed by atoms with Crippen LogP contribution >= 0.6 is 0 Å². The van der Waals surface area contributed by atoms with Crippen molar-refractivity contribution in [1.29, 1.82) is 0 Å². The van der Waals surface area contributed by atoms with Crippen molar-refractivity contribution in [2.45, 2.75) is 39.3 Å². The molecular weight excluding hydrogens is 348 g/mol. The van der Waals surface area contributed by atoms with Crippen LogP contribution in [0.5, 0.6) is 5.75 Å². The van der Waals surface area contributed by atoms with Gasteiger partial charge in [-0.3, -0.25) is 14.3 Å². The molecule has 2 rings (SSSR count). The van der Waals surface area contributed by atoms with E-state index in [4.69, 9.17) is 10.5 Å². The third kappa shape index (κ3) is 4.91. The molecule has 8 nitrogen and oxygen atoms in total. The van der Waals surface area contributed by atoms with Gasteiger partial charge in [0.25, 0.3) is 5.56 Å². The van der Waals surface area contributed by atoms with Crippen molar-refractivity contribution in [2.24, 2.45) is 0 Å². The van der Waals surface area contributed by atoms with Gasteiger partial charge in [-0.15, -0.1) is 0 Å². The fraction of sp³-hybridized carbons (Fsp3) is 0.474. The Balaban J connectivity index is 2.14. The van der Waals surface area contributed by atoms with Gasteiger partial charge in [0.05, 0.1) is 12.6 Å². The van der Waals surface area contributed by atoms with E-state index in [9.17, 15) is 14.7 Å². The Morgan fingerprint density at radius 1 is 1.33 bits per heavy atom. The second-order valence-electron chi connectivity index (χ2n) is 6.48. The SMILES string of the molecule is CCCCn1c(N)c(N(C)CCOc2ccccc2C(C)O)c(=O)[nH]c1=O. The summed E-state index contributed by atoms with van der Waals surface area (Å²) in [5.74, 6) is 0.750. The first-order valence-corrected chi connectivity index (χ1v) is 9.10. The number of rotatable bonds is 9. The van der Waals surface area contributed by atoms with Gasteiger partial charge in [0.15, 0.2) is 0 Å². The minimum atomic E-state index is -0.639. The Kier molecular flexibility index (Phi) is 7.06. The van der Waals surface area contributed by atoms with E-state index < -0.39 is 17.4 Å². The summed E-state index contributed by atoms with van der Waals surface area (Å²) >= 11 is 0. The predicted molar refractivity (Wildman–Crippen MR) is 106 cm³/mol. The molecular formula is C19H28N4O4. The molecule has 0 saturated heterocycles. The molecule has 0 radical (unpaired) electrons. The predicted octanol–water partition coefficient (Wildman–Crippen LogP) is 1.49. The summed E-state index contributed by atoms with van der Waals surface area (Å²) in [5, 5.41) is 9.81. The van der Waals surface area contributed by atoms with Crippen molar-refractivity contribution < 1.29 is 9.84 Å². The number of likely N-dealkylation sites (N-methyl/N-ethyl adjacent to an activating group) is 1. The molecule has 27 heavy (non-hydrogen) atoms. The lowest BCUT2D eigenvalue weighted by Gasteiger charge is -2.22. The molecule has 1 unspecified atom stereocenters. The molecule has 8 heteroatoms. The molecule has 1 atom stereocenters. The Morgan fingerprint density at radius 2 is 2.04 bits per heavy atom. The lowest BCUT2D eigenvalue weighted by Crippen LogP contribution is -2.38. The minimum absolute atomic E-state index is 0.157. The number of hydrogen-bond acceptors (Lipinski definition) is 6. The maximum Gasteiger partial charge on any atom is 0.330 e. The normalized spacial score (nSPS) is 12.0. The third-order valence-electron chi connectivity index (χ3n) is 4.38. The van der Waals surface area contributed by atoms with E-state index in [-0.39, 0.29) is 18.1 Å². The molecule has 0 amide bonds. The zero-order chi connectivity index (χ0) is 20.0. The highest BCUT2D eigenvalue weighted by atomic mass is 16.5. The van der Waals surface area contributed by atoms with Crippen LogP contribution < -0.4 is 26.6 Å². The number of hydrogen-bond donors (Lipinski definition) is 3. The molecule has 0 aliphatic rings. The molecule has 1 aromatic heterocycles. The smallest absolute Gasteiger partial charge is 0.330 e. The van der Waals surface area contributed by atoms with Gasteiger partial charge in [-0.2, -0.15) is 0 Å². The summed E-state index contributed by atoms with van der Waals surface area (Å²) in [6.07, 6.45) is 1.06. The fourth-order valence-electron chi connectivity index (χ4n) is 2.85. The fourth-order valence-corrected chi connectivity index (χ4v) is 2.85. The van der Waals surface area contributed by atoms with Crippen LogP contribution in [-0.2, 0) is 6.54 Å². The molecule has 0 fully saturated rings. The second kappa shape index (κ2) is 9.27. The van der Waals surface area contributed by atoms with Crippen molar-refractivity contribution in [1.82, 2.24) is 9.55 Å². The highest BCUT2D eigenvalue weighted by Crippen LogP contribution is 2.24. The standard InChI is InChI=1S/C19H28N4O4/c1-4-5-10-23-17(20)16(18(25)21-19(23)26)22(3)11-12-27-15-9-7-6-8-14(15)13(2)24/h6-9,13,24H,4-5,10-12,20H2,1-3H3,(H,21,25,26). The maximum absolute atomic E-state index is 12.2. The van der Waals surface area contributed by atoms with Crippen molar-refractivity contribution in [3.05, 3.63) is 50.7 Å². The van der Waals surface area contributed by atoms with Crippen LogP contribution in [0.2, 0.25) is 0 Å². The zero-order valence-electron chi connectivity index (χ0n) is 16.1. The first-order valence-electron chi connectivity index (χ1n) is 9.10. The summed E-state index contributed by atoms with van der Waals surface area (Å²) < 4.78 is 7.16. The Labute approximate surface area is 158 Å². The molecule has 0 bridgehead atoms. The minimum Gasteiger partial charge on any atom is -0.491 e. The van der Waals surface area contributed by atoms with Gasteiger partial charge in [0.2, 0.25) is 0 Å². The van der Waals surface area contributed by atoms with Crippen molar-refractivity contribution in [3.63, 3.8) is 0 Å². The number of anilines is 2. The molecule has 1 heterocycles. The molecule has 0 saturated carbocycles. The number of nitrogens with zero attached hydrogens (tertiary/aromatic N) is 2. The number of aliphatic hydroxyl groups excluding tert-OH is 1. The average Bonchev–Trinajstić information content (AvgIpc) is 2.61. The van der Waals surface area contributed by atoms with E-state index in [1.807, 2.05) is 19.1 Å². The van der Waals surface area contributed by atoms with Crippen molar-refractivity contribution >= 4 is 11.5 Å². The second-order valence-corrected chi connectivity index (χ2v) is 6.48. The average molecular weight is 376 g/mol. The zero-order valence-corrected chi connectivity index (χ0v) is 16.1. The number of aromatic amines is 1. The van der Waals surface area contributed by atoms with Crippen molar-refractivity contribution in [3.8, 4) is 5.75 Å². The van der Waals surface area contributed by atoms with Crippen molar-refractivity contribution in [2.75, 3.05) is 30.8 Å². The van der Waals surface area contributed by atoms with Gasteiger partial charge >= 0.3 is 5.69 Å². The molecule has 1 aromatic carbocycles. The number of aliphatic hydroxyl groups is 1. The van der Waals surface area contributed by atoms with Crippen LogP contribution in [0, 0.1) is 0 Å². The third-order valence-corrected chi connectivity index (χ3v) is 4.38. The van der Waals surface area contributed by atoms with Gasteiger partial charge in [-0.25, -0.2) is 4.79 Å². The largest absolute Gasteiger partial charge is 0.491 e. The molecule has 2 aromatic rings. The monoisotopic (exact) mass is 376 g/mol. The molecule has 0 aliphatic heterocycles. The summed E-state index contributed by atoms with van der Waals surface area (Å²) in [5.41, 5.74) is 6.04. The molecule has 4 N–H and O–H groups in total. The summed E-state index contributed by atoms with van der Waals surface area (Å²) in [6, 6.07) is 7.25. The maximum atomic E-state index is 12.2. The van der Waals surface area contributed by atoms with Crippen LogP contribution in [0.15, 0.2) is 33.9 Å². The number of nitrogen functional groups attached to an aromatic ring is 1. The summed E-state index contributed by atoms with van der Waals surface area (Å²) in [4.78, 5) is 28.2. The summed E-state index contributed by atoms with van der Waals surface area (Å²) in [6.45, 7) is 4.81. The molecule has 0 spiro atoms. The van der Waals surface area contributed by atoms with E-state index in [0.717, 1.165) is 12.8 Å². The van der Waals surface area contributed by atoms with Gasteiger partial charge < -0.3 is 20.5 Å². The Hall–Kier alpha value is -2.74. The van der Waals surface area contributed by atoms with E-state index in [2.05, 4.69) is 4.98 Å². The Morgan fingerprint density at radius 3 is 2.70 bits per heavy atom. The molecule has 0 aliphatic carbocycles. The number of para-hydroxylation sites is 1. The van der Waals surface area contributed by atoms with E-state index in [0.29, 0.717) is 24.4 Å². The van der Waals surface area contributed by atoms with Crippen LogP contribution in [0.1, 0.15) is 38.4 Å². The highest BCUT2D eigenvalue weighted by Gasteiger charge is 2.16. The number of nitrogens with one attached hydrogen (secondary N) is 1. The van der Waals surface area contributed by atoms with Crippen LogP contribution in [-0.4, -0.2) is 34.9 Å². The van der Waals surface area contributed by atoms with E-state index in [1.165, 1.54) is 4.57 Å². The number of benzene rings is 1. The topological polar surface area (TPSA) is 114 Å². The van der Waals surface area contributed by atoms with Gasteiger partial charge in [-0.1, -0.05) is 31.5 Å². The lowest BCUT2D eigenvalue weighted by molar-refractivity contribution is 0.191. The van der Waals surface area contributed by atoms with Crippen LogP contribution in [0.25, 0.3) is 0 Å². The summed E-state index contributed by atoms with van der Waals surface area (Å²) in [7, 11) is 1.72. The quantitative estimate of drug-likeness (QED) is 0.611. The van der Waals surface area contributed by atoms with Gasteiger partial charge in [-0.05, 0) is 19.4 Å². The number of ether oxygens (including phenoxy) is 1. The first kappa shape index (κ1) is 20.6. The number of nitrogens with two attached hydrogens (primary N) is 1. The number of H-pyrrole nitrogens is 1. The highest BCUT2D eigenvalue weighted by molar-refractivity contribution is 5.61. The lowest BCUT2D eigenvalue weighted by atomic mass is 10.1. The number of unbranched alkanes of at least 4 members (excludes halogenated alkanes) is 1.